The Morgan fingerprint density at radius 2 is 2.00 bits per heavy atom. The van der Waals surface area contributed by atoms with Crippen LogP contribution in [0.15, 0.2) is 24.4 Å². The van der Waals surface area contributed by atoms with Crippen LogP contribution in [0.5, 0.6) is 0 Å². The van der Waals surface area contributed by atoms with Crippen LogP contribution in [0.25, 0.3) is 11.0 Å². The number of rotatable bonds is 6. The number of nitrogens with one attached hydrogen (secondary N) is 3. The minimum absolute atomic E-state index is 0.0318. The average molecular weight is 460 g/mol. The largest absolute Gasteiger partial charge is 0.381 e. The Kier molecular flexibility index (Phi) is 5.79. The van der Waals surface area contributed by atoms with Crippen molar-refractivity contribution in [2.45, 2.75) is 31.8 Å². The summed E-state index contributed by atoms with van der Waals surface area (Å²) in [5.74, 6) is -2.01. The van der Waals surface area contributed by atoms with Gasteiger partial charge in [0.1, 0.15) is 22.8 Å². The number of fused-ring (bicyclic) bond motifs is 1. The summed E-state index contributed by atoms with van der Waals surface area (Å²) in [5.41, 5.74) is 0.798. The first-order valence-corrected chi connectivity index (χ1v) is 10.8. The molecule has 0 bridgehead atoms. The Labute approximate surface area is 187 Å². The Morgan fingerprint density at radius 1 is 1.18 bits per heavy atom. The van der Waals surface area contributed by atoms with Crippen molar-refractivity contribution >= 4 is 34.4 Å². The van der Waals surface area contributed by atoms with E-state index in [2.05, 4.69) is 25.9 Å². The van der Waals surface area contributed by atoms with Gasteiger partial charge in [-0.15, -0.1) is 0 Å². The summed E-state index contributed by atoms with van der Waals surface area (Å²) in [5, 5.41) is 8.85. The van der Waals surface area contributed by atoms with E-state index in [1.54, 1.807) is 6.20 Å². The molecule has 2 aliphatic rings. The molecule has 2 saturated heterocycles. The van der Waals surface area contributed by atoms with Crippen LogP contribution in [0.4, 0.5) is 30.6 Å². The number of aromatic nitrogens is 3. The molecular weight excluding hydrogens is 437 g/mol. The molecule has 3 N–H and O–H groups in total. The maximum atomic E-state index is 14.3. The first-order valence-electron chi connectivity index (χ1n) is 10.8. The number of pyridine rings is 1. The van der Waals surface area contributed by atoms with Crippen LogP contribution in [0, 0.1) is 23.4 Å². The van der Waals surface area contributed by atoms with Crippen LogP contribution >= 0.6 is 0 Å². The number of nitrogens with zero attached hydrogens (tertiary/aromatic N) is 3. The minimum atomic E-state index is -1.05. The number of hydrogen-bond donors (Lipinski definition) is 3. The van der Waals surface area contributed by atoms with E-state index < -0.39 is 23.1 Å². The molecule has 5 rings (SSSR count). The zero-order chi connectivity index (χ0) is 22.9. The molecule has 33 heavy (non-hydrogen) atoms. The number of imidazole rings is 1. The van der Waals surface area contributed by atoms with Crippen LogP contribution in [0.2, 0.25) is 0 Å². The highest BCUT2D eigenvalue weighted by Gasteiger charge is 2.23. The smallest absolute Gasteiger partial charge is 0.220 e. The molecule has 0 saturated carbocycles. The molecule has 0 spiro atoms. The number of halogens is 3. The third-order valence-electron chi connectivity index (χ3n) is 5.96. The molecule has 1 aromatic carbocycles. The fraction of sp³-hybridized carbons (Fsp3) is 0.409. The van der Waals surface area contributed by atoms with Crippen molar-refractivity contribution in [2.75, 3.05) is 30.4 Å². The second-order valence-corrected chi connectivity index (χ2v) is 8.39. The fourth-order valence-electron chi connectivity index (χ4n) is 4.21. The van der Waals surface area contributed by atoms with E-state index in [4.69, 9.17) is 4.74 Å². The van der Waals surface area contributed by atoms with Gasteiger partial charge in [0.25, 0.3) is 0 Å². The normalized spacial score (nSPS) is 20.8. The third kappa shape index (κ3) is 4.58. The molecule has 0 aliphatic carbocycles. The molecule has 174 valence electrons. The number of carbonyl (C=O) groups excluding carboxylic acids is 1. The van der Waals surface area contributed by atoms with Gasteiger partial charge in [-0.3, -0.25) is 4.79 Å². The van der Waals surface area contributed by atoms with Crippen LogP contribution in [0.3, 0.4) is 0 Å². The van der Waals surface area contributed by atoms with Gasteiger partial charge in [0.2, 0.25) is 11.9 Å². The number of ether oxygens (including phenoxy) is 1. The summed E-state index contributed by atoms with van der Waals surface area (Å²) in [6.07, 6.45) is 3.59. The summed E-state index contributed by atoms with van der Waals surface area (Å²) >= 11 is 0. The number of piperidine rings is 1. The molecule has 4 heterocycles. The van der Waals surface area contributed by atoms with Gasteiger partial charge < -0.3 is 25.3 Å². The summed E-state index contributed by atoms with van der Waals surface area (Å²) in [6, 6.07) is 3.12. The average Bonchev–Trinajstić information content (AvgIpc) is 3.41. The van der Waals surface area contributed by atoms with Gasteiger partial charge in [0.05, 0.1) is 18.3 Å². The zero-order valence-electron chi connectivity index (χ0n) is 17.7. The number of benzene rings is 1. The van der Waals surface area contributed by atoms with Gasteiger partial charge in [0.15, 0.2) is 11.6 Å². The molecule has 11 heteroatoms. The van der Waals surface area contributed by atoms with Crippen molar-refractivity contribution < 1.29 is 22.7 Å². The highest BCUT2D eigenvalue weighted by molar-refractivity contribution is 5.81. The Hall–Kier alpha value is -3.34. The Bertz CT molecular complexity index is 1160. The summed E-state index contributed by atoms with van der Waals surface area (Å²) in [4.78, 5) is 20.3. The molecule has 3 aromatic rings. The maximum absolute atomic E-state index is 14.3. The van der Waals surface area contributed by atoms with Crippen molar-refractivity contribution in [1.29, 1.82) is 0 Å². The van der Waals surface area contributed by atoms with Crippen molar-refractivity contribution in [3.8, 4) is 0 Å². The van der Waals surface area contributed by atoms with E-state index in [9.17, 15) is 18.0 Å². The lowest BCUT2D eigenvalue weighted by molar-refractivity contribution is -0.122. The topological polar surface area (TPSA) is 93.1 Å². The maximum Gasteiger partial charge on any atom is 0.220 e. The number of hydrogen-bond acceptors (Lipinski definition) is 6. The zero-order valence-corrected chi connectivity index (χ0v) is 17.7. The number of amides is 1. The monoisotopic (exact) mass is 460 g/mol. The molecule has 1 amide bonds. The van der Waals surface area contributed by atoms with E-state index in [-0.39, 0.29) is 23.8 Å². The summed E-state index contributed by atoms with van der Waals surface area (Å²) in [7, 11) is 0. The van der Waals surface area contributed by atoms with E-state index in [1.807, 2.05) is 10.6 Å². The fourth-order valence-corrected chi connectivity index (χ4v) is 4.21. The van der Waals surface area contributed by atoms with Gasteiger partial charge in [-0.2, -0.15) is 0 Å². The van der Waals surface area contributed by atoms with Gasteiger partial charge in [-0.25, -0.2) is 23.1 Å². The molecule has 2 aromatic heterocycles. The highest BCUT2D eigenvalue weighted by atomic mass is 19.1. The lowest BCUT2D eigenvalue weighted by Crippen LogP contribution is -2.42. The van der Waals surface area contributed by atoms with Crippen molar-refractivity contribution in [1.82, 2.24) is 19.9 Å². The van der Waals surface area contributed by atoms with E-state index in [1.165, 1.54) is 0 Å². The van der Waals surface area contributed by atoms with Crippen molar-refractivity contribution in [3.63, 3.8) is 0 Å². The van der Waals surface area contributed by atoms with Crippen LogP contribution < -0.4 is 16.0 Å². The summed E-state index contributed by atoms with van der Waals surface area (Å²) in [6.45, 7) is 2.26. The summed E-state index contributed by atoms with van der Waals surface area (Å²) < 4.78 is 49.2. The van der Waals surface area contributed by atoms with E-state index in [0.717, 1.165) is 11.9 Å². The quantitative estimate of drug-likeness (QED) is 0.523. The highest BCUT2D eigenvalue weighted by Crippen LogP contribution is 2.30. The third-order valence-corrected chi connectivity index (χ3v) is 5.96. The lowest BCUT2D eigenvalue weighted by Gasteiger charge is -2.24. The predicted molar refractivity (Wildman–Crippen MR) is 116 cm³/mol. The second-order valence-electron chi connectivity index (χ2n) is 8.39. The molecule has 0 radical (unpaired) electrons. The predicted octanol–water partition coefficient (Wildman–Crippen LogP) is 3.32. The standard InChI is InChI=1S/C22H23F3N6O2/c23-13-5-15(24)21(16(25)6-13)30-22-29-17-9-26-19(28-14-1-2-20(32)27-8-14)7-18(17)31(22)10-12-3-4-33-11-12/h5-7,9,12,14H,1-4,8,10-11H2,(H,26,28)(H,27,32)(H,29,30)/t12?,14-/m0/s1. The lowest BCUT2D eigenvalue weighted by atomic mass is 10.1. The van der Waals surface area contributed by atoms with Crippen molar-refractivity contribution in [2.24, 2.45) is 5.92 Å². The van der Waals surface area contributed by atoms with Gasteiger partial charge in [-0.1, -0.05) is 0 Å². The van der Waals surface area contributed by atoms with Crippen LogP contribution in [-0.4, -0.2) is 46.2 Å². The minimum Gasteiger partial charge on any atom is -0.381 e. The molecule has 1 unspecified atom stereocenters. The molecule has 2 atom stereocenters. The van der Waals surface area contributed by atoms with Crippen LogP contribution in [-0.2, 0) is 16.1 Å². The van der Waals surface area contributed by atoms with Gasteiger partial charge in [0, 0.05) is 56.3 Å². The van der Waals surface area contributed by atoms with Crippen LogP contribution in [0.1, 0.15) is 19.3 Å². The molecule has 2 fully saturated rings. The first-order chi connectivity index (χ1) is 16.0. The van der Waals surface area contributed by atoms with E-state index in [0.29, 0.717) is 62.6 Å². The molecular formula is C22H23F3N6O2. The van der Waals surface area contributed by atoms with Gasteiger partial charge in [-0.05, 0) is 12.8 Å². The molecule has 8 nitrogen and oxygen atoms in total. The number of carbonyl (C=O) groups is 1. The Morgan fingerprint density at radius 3 is 2.70 bits per heavy atom. The first kappa shape index (κ1) is 21.5. The van der Waals surface area contributed by atoms with Crippen molar-refractivity contribution in [3.05, 3.63) is 41.8 Å². The second kappa shape index (κ2) is 8.89. The SMILES string of the molecule is O=C1CC[C@H](Nc2cc3c(cn2)nc(Nc2c(F)cc(F)cc2F)n3CC2CCOC2)CN1. The Balaban J connectivity index is 1.49. The van der Waals surface area contributed by atoms with E-state index >= 15 is 0 Å². The van der Waals surface area contributed by atoms with Gasteiger partial charge >= 0.3 is 0 Å². The molecule has 2 aliphatic heterocycles. The number of anilines is 3.